The van der Waals surface area contributed by atoms with Gasteiger partial charge in [0.2, 0.25) is 0 Å². The molecule has 34 heavy (non-hydrogen) atoms. The zero-order valence-electron chi connectivity index (χ0n) is 18.3. The molecule has 5 aromatic carbocycles. The highest BCUT2D eigenvalue weighted by atomic mass is 32.2. The van der Waals surface area contributed by atoms with Crippen LogP contribution in [0.2, 0.25) is 0 Å². The molecule has 0 radical (unpaired) electrons. The Morgan fingerprint density at radius 1 is 0.441 bits per heavy atom. The van der Waals surface area contributed by atoms with Gasteiger partial charge in [-0.25, -0.2) is 0 Å². The Labute approximate surface area is 199 Å². The Morgan fingerprint density at radius 3 is 1.03 bits per heavy atom. The average Bonchev–Trinajstić information content (AvgIpc) is 2.89. The van der Waals surface area contributed by atoms with Gasteiger partial charge in [0.05, 0.1) is 0 Å². The topological polar surface area (TPSA) is 54.4 Å². The predicted octanol–water partition coefficient (Wildman–Crippen LogP) is 7.60. The standard InChI is InChI=1S/C30H22O3S/c31-34(32,33)30-28(24-17-9-3-10-18-24)26(22-13-5-1-6-14-22)21-27(23-15-7-2-8-16-23)29(30)25-19-11-4-12-20-25/h1-21H,(H,31,32,33). The summed E-state index contributed by atoms with van der Waals surface area (Å²) < 4.78 is 37.0. The molecule has 3 nitrogen and oxygen atoms in total. The lowest BCUT2D eigenvalue weighted by atomic mass is 9.85. The molecule has 0 heterocycles. The maximum Gasteiger partial charge on any atom is 0.295 e. The summed E-state index contributed by atoms with van der Waals surface area (Å²) in [6.45, 7) is 0. The minimum absolute atomic E-state index is 0.0925. The molecular weight excluding hydrogens is 440 g/mol. The molecular formula is C30H22O3S. The predicted molar refractivity (Wildman–Crippen MR) is 138 cm³/mol. The van der Waals surface area contributed by atoms with Gasteiger partial charge in [0.15, 0.2) is 0 Å². The van der Waals surface area contributed by atoms with Crippen LogP contribution in [0.25, 0.3) is 44.5 Å². The van der Waals surface area contributed by atoms with Gasteiger partial charge in [-0.3, -0.25) is 4.55 Å². The summed E-state index contributed by atoms with van der Waals surface area (Å²) in [5.74, 6) is 0. The lowest BCUT2D eigenvalue weighted by Gasteiger charge is -2.22. The summed E-state index contributed by atoms with van der Waals surface area (Å²) in [5.41, 5.74) is 5.58. The second kappa shape index (κ2) is 9.10. The molecule has 166 valence electrons. The van der Waals surface area contributed by atoms with E-state index in [1.165, 1.54) is 0 Å². The maximum absolute atomic E-state index is 13.1. The highest BCUT2D eigenvalue weighted by molar-refractivity contribution is 7.86. The smallest absolute Gasteiger partial charge is 0.282 e. The molecule has 5 rings (SSSR count). The zero-order valence-corrected chi connectivity index (χ0v) is 19.1. The third kappa shape index (κ3) is 4.17. The highest BCUT2D eigenvalue weighted by Gasteiger charge is 2.29. The normalized spacial score (nSPS) is 11.3. The van der Waals surface area contributed by atoms with Crippen molar-refractivity contribution in [3.05, 3.63) is 127 Å². The van der Waals surface area contributed by atoms with E-state index in [2.05, 4.69) is 0 Å². The summed E-state index contributed by atoms with van der Waals surface area (Å²) in [5, 5.41) is 0. The molecule has 4 heteroatoms. The van der Waals surface area contributed by atoms with Crippen LogP contribution in [0.5, 0.6) is 0 Å². The van der Waals surface area contributed by atoms with Crippen LogP contribution in [0.4, 0.5) is 0 Å². The summed E-state index contributed by atoms with van der Waals surface area (Å²) in [6.07, 6.45) is 0. The molecule has 1 N–H and O–H groups in total. The monoisotopic (exact) mass is 462 g/mol. The largest absolute Gasteiger partial charge is 0.295 e. The Hall–Kier alpha value is -3.99. The fourth-order valence-corrected chi connectivity index (χ4v) is 5.36. The second-order valence-corrected chi connectivity index (χ2v) is 9.35. The molecule has 0 amide bonds. The van der Waals surface area contributed by atoms with E-state index in [1.54, 1.807) is 0 Å². The fourth-order valence-electron chi connectivity index (χ4n) is 4.39. The molecule has 0 aromatic heterocycles. The van der Waals surface area contributed by atoms with E-state index >= 15 is 0 Å². The molecule has 5 aromatic rings. The molecule has 0 saturated carbocycles. The third-order valence-corrected chi connectivity index (χ3v) is 6.76. The van der Waals surface area contributed by atoms with E-state index in [1.807, 2.05) is 127 Å². The van der Waals surface area contributed by atoms with Crippen LogP contribution >= 0.6 is 0 Å². The van der Waals surface area contributed by atoms with Gasteiger partial charge in [-0.2, -0.15) is 8.42 Å². The first-order valence-corrected chi connectivity index (χ1v) is 12.4. The molecule has 0 spiro atoms. The molecule has 0 aliphatic carbocycles. The molecule has 0 atom stereocenters. The fraction of sp³-hybridized carbons (Fsp3) is 0. The minimum atomic E-state index is -4.62. The molecule has 0 bridgehead atoms. The first kappa shape index (κ1) is 21.8. The van der Waals surface area contributed by atoms with E-state index in [4.69, 9.17) is 0 Å². The van der Waals surface area contributed by atoms with Crippen LogP contribution in [-0.4, -0.2) is 13.0 Å². The maximum atomic E-state index is 13.1. The Balaban J connectivity index is 2.03. The van der Waals surface area contributed by atoms with Crippen LogP contribution in [0.15, 0.2) is 132 Å². The van der Waals surface area contributed by atoms with Gasteiger partial charge in [0.1, 0.15) is 4.90 Å². The summed E-state index contributed by atoms with van der Waals surface area (Å²) in [7, 11) is -4.62. The van der Waals surface area contributed by atoms with Crippen molar-refractivity contribution in [2.45, 2.75) is 4.90 Å². The number of hydrogen-bond acceptors (Lipinski definition) is 2. The average molecular weight is 463 g/mol. The minimum Gasteiger partial charge on any atom is -0.282 e. The van der Waals surface area contributed by atoms with Crippen molar-refractivity contribution in [1.29, 1.82) is 0 Å². The Bertz CT molecular complexity index is 1430. The number of hydrogen-bond donors (Lipinski definition) is 1. The Morgan fingerprint density at radius 2 is 0.735 bits per heavy atom. The first-order chi connectivity index (χ1) is 16.5. The van der Waals surface area contributed by atoms with E-state index in [0.717, 1.165) is 22.3 Å². The molecule has 0 unspecified atom stereocenters. The van der Waals surface area contributed by atoms with Crippen molar-refractivity contribution < 1.29 is 13.0 Å². The first-order valence-electron chi connectivity index (χ1n) is 10.9. The number of rotatable bonds is 5. The molecule has 0 aliphatic heterocycles. The van der Waals surface area contributed by atoms with E-state index in [0.29, 0.717) is 22.3 Å². The van der Waals surface area contributed by atoms with Crippen LogP contribution in [0.1, 0.15) is 0 Å². The van der Waals surface area contributed by atoms with Crippen molar-refractivity contribution in [3.8, 4) is 44.5 Å². The highest BCUT2D eigenvalue weighted by Crippen LogP contribution is 2.47. The van der Waals surface area contributed by atoms with Crippen molar-refractivity contribution in [3.63, 3.8) is 0 Å². The van der Waals surface area contributed by atoms with Crippen LogP contribution in [0, 0.1) is 0 Å². The van der Waals surface area contributed by atoms with Gasteiger partial charge < -0.3 is 0 Å². The van der Waals surface area contributed by atoms with E-state index < -0.39 is 10.1 Å². The second-order valence-electron chi connectivity index (χ2n) is 7.99. The van der Waals surface area contributed by atoms with Crippen LogP contribution in [-0.2, 0) is 10.1 Å². The van der Waals surface area contributed by atoms with Gasteiger partial charge in [0, 0.05) is 11.1 Å². The third-order valence-electron chi connectivity index (χ3n) is 5.83. The summed E-state index contributed by atoms with van der Waals surface area (Å²) in [6, 6.07) is 40.1. The van der Waals surface area contributed by atoms with Crippen molar-refractivity contribution in [2.24, 2.45) is 0 Å². The molecule has 0 fully saturated rings. The lowest BCUT2D eigenvalue weighted by molar-refractivity contribution is 0.484. The van der Waals surface area contributed by atoms with Crippen LogP contribution < -0.4 is 0 Å². The molecule has 0 aliphatic rings. The van der Waals surface area contributed by atoms with E-state index in [-0.39, 0.29) is 4.90 Å². The lowest BCUT2D eigenvalue weighted by Crippen LogP contribution is -2.07. The SMILES string of the molecule is O=S(=O)(O)c1c(-c2ccccc2)c(-c2ccccc2)cc(-c2ccccc2)c1-c1ccccc1. The quantitative estimate of drug-likeness (QED) is 0.274. The summed E-state index contributed by atoms with van der Waals surface area (Å²) in [4.78, 5) is -0.0925. The Kier molecular flexibility index (Phi) is 5.84. The van der Waals surface area contributed by atoms with Gasteiger partial charge in [-0.15, -0.1) is 0 Å². The summed E-state index contributed by atoms with van der Waals surface area (Å²) >= 11 is 0. The molecule has 0 saturated heterocycles. The van der Waals surface area contributed by atoms with Gasteiger partial charge in [-0.05, 0) is 39.4 Å². The number of benzene rings is 5. The van der Waals surface area contributed by atoms with Crippen molar-refractivity contribution in [1.82, 2.24) is 0 Å². The van der Waals surface area contributed by atoms with Gasteiger partial charge in [-0.1, -0.05) is 121 Å². The zero-order chi connectivity index (χ0) is 23.5. The van der Waals surface area contributed by atoms with Gasteiger partial charge in [0.25, 0.3) is 10.1 Å². The van der Waals surface area contributed by atoms with E-state index in [9.17, 15) is 13.0 Å². The van der Waals surface area contributed by atoms with Crippen molar-refractivity contribution >= 4 is 10.1 Å². The van der Waals surface area contributed by atoms with Crippen LogP contribution in [0.3, 0.4) is 0 Å². The van der Waals surface area contributed by atoms with Gasteiger partial charge >= 0.3 is 0 Å². The van der Waals surface area contributed by atoms with Crippen molar-refractivity contribution in [2.75, 3.05) is 0 Å².